The Morgan fingerprint density at radius 1 is 0.456 bits per heavy atom. The van der Waals surface area contributed by atoms with Crippen LogP contribution >= 0.6 is 0 Å². The van der Waals surface area contributed by atoms with Crippen molar-refractivity contribution in [1.29, 1.82) is 0 Å². The summed E-state index contributed by atoms with van der Waals surface area (Å²) in [4.78, 5) is 20.9. The van der Waals surface area contributed by atoms with Crippen LogP contribution in [0.4, 0.5) is 0 Å². The van der Waals surface area contributed by atoms with Gasteiger partial charge in [-0.05, 0) is 109 Å². The summed E-state index contributed by atoms with van der Waals surface area (Å²) in [7, 11) is 0. The highest BCUT2D eigenvalue weighted by Gasteiger charge is 2.22. The van der Waals surface area contributed by atoms with Crippen molar-refractivity contribution < 1.29 is 18.3 Å². The fraction of sp³-hybridized carbons (Fsp3) is 0. The van der Waals surface area contributed by atoms with Crippen LogP contribution in [-0.2, 0) is 0 Å². The molecule has 0 N–H and O–H groups in total. The zero-order valence-electron chi connectivity index (χ0n) is 35.6. The van der Waals surface area contributed by atoms with Crippen LogP contribution in [0.5, 0.6) is 23.5 Å². The first-order chi connectivity index (χ1) is 33.7. The molecule has 0 fully saturated rings. The van der Waals surface area contributed by atoms with Crippen LogP contribution in [0.1, 0.15) is 0 Å². The number of ether oxygens (including phenoxy) is 2. The molecule has 0 saturated carbocycles. The van der Waals surface area contributed by atoms with E-state index in [1.807, 2.05) is 127 Å². The van der Waals surface area contributed by atoms with Crippen molar-refractivity contribution in [3.63, 3.8) is 0 Å². The highest BCUT2D eigenvalue weighted by molar-refractivity contribution is 6.08. The predicted octanol–water partition coefficient (Wildman–Crippen LogP) is 12.6. The fourth-order valence-corrected chi connectivity index (χ4v) is 9.23. The average Bonchev–Trinajstić information content (AvgIpc) is 4.26. The van der Waals surface area contributed by atoms with Crippen LogP contribution in [0, 0.1) is 0 Å². The molecule has 68 heavy (non-hydrogen) atoms. The van der Waals surface area contributed by atoms with E-state index in [-0.39, 0.29) is 5.95 Å². The third kappa shape index (κ3) is 6.05. The number of aromatic nitrogens is 10. The molecule has 0 unspecified atom stereocenters. The standard InChI is InChI=1S/C54H32N10O4/c1-3-8-35(9-4-1)61-44-16-14-41(43-18-20-49(64-57-26-27-58-64)62(43)36-10-5-2-6-11-36)59-52(44)53-45(61)17-19-48(60-53)68-51-31-34-29-46-33(28-47(34)67-51)30-50(66-46)65-38-13-15-42-40(32-38)39-12-7-23-56-54(39)63(42)37-21-24-55-25-22-37/h1-32H. The van der Waals surface area contributed by atoms with Gasteiger partial charge in [0.05, 0.1) is 46.0 Å². The Balaban J connectivity index is 0.800. The third-order valence-electron chi connectivity index (χ3n) is 12.2. The first-order valence-electron chi connectivity index (χ1n) is 21.8. The highest BCUT2D eigenvalue weighted by Crippen LogP contribution is 2.40. The van der Waals surface area contributed by atoms with Crippen molar-refractivity contribution in [3.05, 3.63) is 195 Å². The second kappa shape index (κ2) is 14.9. The van der Waals surface area contributed by atoms with Gasteiger partial charge in [0.25, 0.3) is 11.9 Å². The Morgan fingerprint density at radius 3 is 1.87 bits per heavy atom. The van der Waals surface area contributed by atoms with Crippen LogP contribution in [0.2, 0.25) is 0 Å². The lowest BCUT2D eigenvalue weighted by molar-refractivity contribution is 0.351. The molecule has 0 radical (unpaired) electrons. The van der Waals surface area contributed by atoms with E-state index in [4.69, 9.17) is 33.3 Å². The fourth-order valence-electron chi connectivity index (χ4n) is 9.23. The van der Waals surface area contributed by atoms with Crippen molar-refractivity contribution in [3.8, 4) is 57.8 Å². The SMILES string of the molecule is c1ccc(-n2c(-c3ccc4c(n3)c3nc(Oc5cc6cc7oc(Oc8ccc9c(c8)c8cccnc8n9-c8ccncc8)cc7cc6o5)ccc3n4-c3ccccc3)ccc2-n2nccn2)cc1. The molecule has 10 heterocycles. The molecule has 14 nitrogen and oxygen atoms in total. The molecule has 0 aliphatic heterocycles. The molecule has 0 aliphatic carbocycles. The van der Waals surface area contributed by atoms with Crippen LogP contribution in [-0.4, -0.2) is 48.6 Å². The van der Waals surface area contributed by atoms with Crippen molar-refractivity contribution in [2.75, 3.05) is 0 Å². The number of hydrogen-bond acceptors (Lipinski definition) is 10. The van der Waals surface area contributed by atoms with E-state index in [1.54, 1.807) is 35.8 Å². The van der Waals surface area contributed by atoms with Gasteiger partial charge in [0.1, 0.15) is 33.6 Å². The van der Waals surface area contributed by atoms with Gasteiger partial charge in [0.2, 0.25) is 5.88 Å². The Labute approximate surface area is 384 Å². The van der Waals surface area contributed by atoms with E-state index in [1.165, 1.54) is 0 Å². The van der Waals surface area contributed by atoms with Crippen LogP contribution < -0.4 is 9.47 Å². The molecule has 0 saturated heterocycles. The number of para-hydroxylation sites is 2. The zero-order valence-corrected chi connectivity index (χ0v) is 35.6. The second-order valence-corrected chi connectivity index (χ2v) is 16.2. The van der Waals surface area contributed by atoms with Crippen LogP contribution in [0.15, 0.2) is 204 Å². The number of furan rings is 2. The summed E-state index contributed by atoms with van der Waals surface area (Å²) in [6, 6.07) is 53.8. The van der Waals surface area contributed by atoms with E-state index >= 15 is 0 Å². The van der Waals surface area contributed by atoms with E-state index in [9.17, 15) is 0 Å². The van der Waals surface area contributed by atoms with Gasteiger partial charge in [-0.15, -0.1) is 4.80 Å². The topological polar surface area (TPSA) is 142 Å². The summed E-state index contributed by atoms with van der Waals surface area (Å²) in [6.45, 7) is 0. The normalized spacial score (nSPS) is 11.8. The summed E-state index contributed by atoms with van der Waals surface area (Å²) in [5, 5.41) is 12.5. The largest absolute Gasteiger partial charge is 0.426 e. The van der Waals surface area contributed by atoms with Gasteiger partial charge < -0.3 is 22.9 Å². The Morgan fingerprint density at radius 2 is 1.12 bits per heavy atom. The Kier molecular flexibility index (Phi) is 8.21. The van der Waals surface area contributed by atoms with Crippen molar-refractivity contribution in [2.45, 2.75) is 0 Å². The van der Waals surface area contributed by atoms with Crippen molar-refractivity contribution >= 4 is 65.9 Å². The van der Waals surface area contributed by atoms with Gasteiger partial charge >= 0.3 is 0 Å². The van der Waals surface area contributed by atoms with Gasteiger partial charge in [0, 0.05) is 69.7 Å². The first kappa shape index (κ1) is 37.5. The lowest BCUT2D eigenvalue weighted by atomic mass is 10.2. The molecule has 4 aromatic carbocycles. The molecular weight excluding hydrogens is 853 g/mol. The first-order valence-corrected chi connectivity index (χ1v) is 21.8. The molecule has 0 atom stereocenters. The van der Waals surface area contributed by atoms with Crippen molar-refractivity contribution in [2.24, 2.45) is 0 Å². The van der Waals surface area contributed by atoms with Gasteiger partial charge in [0.15, 0.2) is 5.82 Å². The van der Waals surface area contributed by atoms with Crippen LogP contribution in [0.25, 0.3) is 100 Å². The minimum absolute atomic E-state index is 0.283. The molecule has 14 rings (SSSR count). The molecule has 322 valence electrons. The number of rotatable bonds is 9. The monoisotopic (exact) mass is 884 g/mol. The molecular formula is C54H32N10O4. The number of fused-ring (bicyclic) bond motifs is 8. The maximum absolute atomic E-state index is 6.37. The lowest BCUT2D eigenvalue weighted by Gasteiger charge is -2.13. The summed E-state index contributed by atoms with van der Waals surface area (Å²) < 4.78 is 31.6. The molecule has 14 heteroatoms. The van der Waals surface area contributed by atoms with E-state index in [0.29, 0.717) is 39.8 Å². The number of pyridine rings is 4. The molecule has 0 spiro atoms. The molecule has 14 aromatic rings. The molecule has 0 amide bonds. The third-order valence-corrected chi connectivity index (χ3v) is 12.2. The predicted molar refractivity (Wildman–Crippen MR) is 259 cm³/mol. The molecule has 0 bridgehead atoms. The summed E-state index contributed by atoms with van der Waals surface area (Å²) >= 11 is 0. The zero-order chi connectivity index (χ0) is 44.7. The lowest BCUT2D eigenvalue weighted by Crippen LogP contribution is -2.08. The average molecular weight is 885 g/mol. The van der Waals surface area contributed by atoms with Crippen LogP contribution in [0.3, 0.4) is 0 Å². The maximum Gasteiger partial charge on any atom is 0.292 e. The minimum Gasteiger partial charge on any atom is -0.426 e. The highest BCUT2D eigenvalue weighted by atomic mass is 16.6. The Bertz CT molecular complexity index is 4160. The summed E-state index contributed by atoms with van der Waals surface area (Å²) in [5.74, 6) is 2.40. The van der Waals surface area contributed by atoms with E-state index in [0.717, 1.165) is 78.0 Å². The van der Waals surface area contributed by atoms with Gasteiger partial charge in [-0.1, -0.05) is 36.4 Å². The number of nitrogens with zero attached hydrogens (tertiary/aromatic N) is 10. The minimum atomic E-state index is 0.283. The number of hydrogen-bond donors (Lipinski definition) is 0. The quantitative estimate of drug-likeness (QED) is 0.137. The number of benzene rings is 4. The maximum atomic E-state index is 6.37. The van der Waals surface area contributed by atoms with E-state index < -0.39 is 0 Å². The van der Waals surface area contributed by atoms with Gasteiger partial charge in [-0.2, -0.15) is 10.2 Å². The smallest absolute Gasteiger partial charge is 0.292 e. The van der Waals surface area contributed by atoms with Gasteiger partial charge in [-0.3, -0.25) is 14.1 Å². The second-order valence-electron chi connectivity index (χ2n) is 16.2. The Hall–Kier alpha value is -9.82. The van der Waals surface area contributed by atoms with E-state index in [2.05, 4.69) is 65.3 Å². The molecule has 0 aliphatic rings. The van der Waals surface area contributed by atoms with Crippen molar-refractivity contribution in [1.82, 2.24) is 48.6 Å². The summed E-state index contributed by atoms with van der Waals surface area (Å²) in [6.07, 6.45) is 8.69. The summed E-state index contributed by atoms with van der Waals surface area (Å²) in [5.41, 5.74) is 10.8. The van der Waals surface area contributed by atoms with Gasteiger partial charge in [-0.25, -0.2) is 15.0 Å². The molecule has 10 aromatic heterocycles.